The fraction of sp³-hybridized carbons (Fsp3) is 0.391. The van der Waals surface area contributed by atoms with Crippen LogP contribution in [0.2, 0.25) is 0 Å². The summed E-state index contributed by atoms with van der Waals surface area (Å²) >= 11 is 0. The van der Waals surface area contributed by atoms with E-state index in [4.69, 9.17) is 4.42 Å². The van der Waals surface area contributed by atoms with Crippen LogP contribution in [0, 0.1) is 0 Å². The second-order valence-electron chi connectivity index (χ2n) is 8.20. The summed E-state index contributed by atoms with van der Waals surface area (Å²) in [5, 5.41) is 4.34. The van der Waals surface area contributed by atoms with Crippen LogP contribution < -0.4 is 0 Å². The predicted octanol–water partition coefficient (Wildman–Crippen LogP) is 3.73. The molecule has 1 aliphatic heterocycles. The lowest BCUT2D eigenvalue weighted by molar-refractivity contribution is -0.132. The van der Waals surface area contributed by atoms with Gasteiger partial charge in [0.25, 0.3) is 0 Å². The summed E-state index contributed by atoms with van der Waals surface area (Å²) in [4.78, 5) is 14.7. The van der Waals surface area contributed by atoms with Crippen LogP contribution in [0.15, 0.2) is 53.5 Å². The molecule has 0 atom stereocenters. The number of piperidine rings is 1. The summed E-state index contributed by atoms with van der Waals surface area (Å²) in [6.07, 6.45) is 10.2. The van der Waals surface area contributed by atoms with E-state index in [-0.39, 0.29) is 11.3 Å². The Balaban J connectivity index is 1.29. The second-order valence-corrected chi connectivity index (χ2v) is 8.20. The van der Waals surface area contributed by atoms with Gasteiger partial charge in [-0.2, -0.15) is 5.10 Å². The molecule has 1 spiro atoms. The van der Waals surface area contributed by atoms with Crippen LogP contribution >= 0.6 is 0 Å². The van der Waals surface area contributed by atoms with Gasteiger partial charge in [0.1, 0.15) is 0 Å². The van der Waals surface area contributed by atoms with E-state index >= 15 is 0 Å². The zero-order valence-electron chi connectivity index (χ0n) is 16.2. The first-order valence-corrected chi connectivity index (χ1v) is 10.1. The molecule has 3 aromatic rings. The van der Waals surface area contributed by atoms with Crippen molar-refractivity contribution in [3.63, 3.8) is 0 Å². The Hall–Kier alpha value is -2.82. The molecule has 144 valence electrons. The van der Waals surface area contributed by atoms with Crippen LogP contribution in [0.5, 0.6) is 0 Å². The van der Waals surface area contributed by atoms with Gasteiger partial charge in [-0.05, 0) is 59.9 Å². The van der Waals surface area contributed by atoms with E-state index < -0.39 is 0 Å². The van der Waals surface area contributed by atoms with Crippen LogP contribution in [-0.2, 0) is 30.1 Å². The molecule has 28 heavy (non-hydrogen) atoms. The van der Waals surface area contributed by atoms with Crippen LogP contribution in [0.25, 0.3) is 11.1 Å². The van der Waals surface area contributed by atoms with Crippen molar-refractivity contribution < 1.29 is 9.21 Å². The third-order valence-electron chi connectivity index (χ3n) is 6.58. The number of hydrogen-bond acceptors (Lipinski definition) is 3. The number of likely N-dealkylation sites (tertiary alicyclic amines) is 1. The zero-order chi connectivity index (χ0) is 19.1. The van der Waals surface area contributed by atoms with Gasteiger partial charge in [-0.1, -0.05) is 18.2 Å². The Bertz CT molecular complexity index is 995. The van der Waals surface area contributed by atoms with Gasteiger partial charge in [-0.25, -0.2) is 0 Å². The molecule has 1 fully saturated rings. The molecule has 5 nitrogen and oxygen atoms in total. The highest BCUT2D eigenvalue weighted by Gasteiger charge is 2.41. The standard InChI is InChI=1S/C23H25N3O2/c1-25-10-5-20(24-25)15-22(27)26-11-8-23(9-12-26)7-4-18-14-17(2-3-21(18)23)19-6-13-28-16-19/h2-3,5-6,10,13-14,16H,4,7-9,11-12,15H2,1H3. The van der Waals surface area contributed by atoms with Gasteiger partial charge < -0.3 is 9.32 Å². The van der Waals surface area contributed by atoms with Gasteiger partial charge in [0.05, 0.1) is 24.6 Å². The molecule has 1 saturated heterocycles. The maximum Gasteiger partial charge on any atom is 0.228 e. The van der Waals surface area contributed by atoms with E-state index in [1.165, 1.54) is 23.1 Å². The minimum absolute atomic E-state index is 0.196. The molecule has 1 aliphatic carbocycles. The maximum atomic E-state index is 12.7. The van der Waals surface area contributed by atoms with Crippen molar-refractivity contribution in [3.05, 3.63) is 65.9 Å². The first-order chi connectivity index (χ1) is 13.6. The van der Waals surface area contributed by atoms with E-state index in [0.29, 0.717) is 6.42 Å². The summed E-state index contributed by atoms with van der Waals surface area (Å²) in [5.41, 5.74) is 6.42. The Morgan fingerprint density at radius 1 is 1.14 bits per heavy atom. The SMILES string of the molecule is Cn1ccc(CC(=O)N2CCC3(CCc4cc(-c5ccoc5)ccc43)CC2)n1. The van der Waals surface area contributed by atoms with Gasteiger partial charge in [0.15, 0.2) is 0 Å². The molecular weight excluding hydrogens is 350 g/mol. The molecule has 1 amide bonds. The van der Waals surface area contributed by atoms with Crippen molar-refractivity contribution in [1.29, 1.82) is 0 Å². The Morgan fingerprint density at radius 2 is 2.00 bits per heavy atom. The molecule has 3 heterocycles. The van der Waals surface area contributed by atoms with Gasteiger partial charge >= 0.3 is 0 Å². The molecule has 5 rings (SSSR count). The van der Waals surface area contributed by atoms with E-state index in [1.807, 2.05) is 30.3 Å². The summed E-state index contributed by atoms with van der Waals surface area (Å²) in [6, 6.07) is 10.8. The molecule has 0 bridgehead atoms. The summed E-state index contributed by atoms with van der Waals surface area (Å²) < 4.78 is 6.98. The van der Waals surface area contributed by atoms with Crippen molar-refractivity contribution in [3.8, 4) is 11.1 Å². The molecule has 2 aromatic heterocycles. The fourth-order valence-electron chi connectivity index (χ4n) is 4.96. The first kappa shape index (κ1) is 17.3. The lowest BCUT2D eigenvalue weighted by atomic mass is 9.73. The summed E-state index contributed by atoms with van der Waals surface area (Å²) in [5.74, 6) is 0.196. The number of aromatic nitrogens is 2. The number of furan rings is 1. The molecule has 0 unspecified atom stereocenters. The highest BCUT2D eigenvalue weighted by molar-refractivity contribution is 5.78. The lowest BCUT2D eigenvalue weighted by Crippen LogP contribution is -2.44. The first-order valence-electron chi connectivity index (χ1n) is 10.1. The number of amides is 1. The van der Waals surface area contributed by atoms with Gasteiger partial charge in [0, 0.05) is 31.9 Å². The quantitative estimate of drug-likeness (QED) is 0.701. The number of hydrogen-bond donors (Lipinski definition) is 0. The van der Waals surface area contributed by atoms with E-state index in [2.05, 4.69) is 23.3 Å². The van der Waals surface area contributed by atoms with Crippen molar-refractivity contribution in [2.75, 3.05) is 13.1 Å². The third kappa shape index (κ3) is 2.95. The highest BCUT2D eigenvalue weighted by Crippen LogP contribution is 2.47. The highest BCUT2D eigenvalue weighted by atomic mass is 16.3. The van der Waals surface area contributed by atoms with E-state index in [1.54, 1.807) is 17.2 Å². The Morgan fingerprint density at radius 3 is 2.71 bits per heavy atom. The second kappa shape index (κ2) is 6.66. The van der Waals surface area contributed by atoms with Crippen molar-refractivity contribution in [2.24, 2.45) is 7.05 Å². The average Bonchev–Trinajstić information content (AvgIpc) is 3.44. The third-order valence-corrected chi connectivity index (χ3v) is 6.58. The summed E-state index contributed by atoms with van der Waals surface area (Å²) in [6.45, 7) is 1.68. The average molecular weight is 375 g/mol. The van der Waals surface area contributed by atoms with Crippen molar-refractivity contribution >= 4 is 5.91 Å². The number of fused-ring (bicyclic) bond motifs is 2. The number of benzene rings is 1. The Labute approximate surface area is 165 Å². The largest absolute Gasteiger partial charge is 0.472 e. The molecule has 0 radical (unpaired) electrons. The number of nitrogens with zero attached hydrogens (tertiary/aromatic N) is 3. The van der Waals surface area contributed by atoms with Gasteiger partial charge in [0.2, 0.25) is 5.91 Å². The van der Waals surface area contributed by atoms with Crippen molar-refractivity contribution in [2.45, 2.75) is 37.5 Å². The normalized spacial score (nSPS) is 17.8. The molecule has 0 N–H and O–H groups in total. The van der Waals surface area contributed by atoms with Gasteiger partial charge in [-0.3, -0.25) is 9.48 Å². The molecular formula is C23H25N3O2. The van der Waals surface area contributed by atoms with Crippen LogP contribution in [-0.4, -0.2) is 33.7 Å². The topological polar surface area (TPSA) is 51.3 Å². The maximum absolute atomic E-state index is 12.7. The molecule has 5 heteroatoms. The lowest BCUT2D eigenvalue weighted by Gasteiger charge is -2.40. The van der Waals surface area contributed by atoms with E-state index in [0.717, 1.165) is 43.6 Å². The minimum atomic E-state index is 0.196. The zero-order valence-corrected chi connectivity index (χ0v) is 16.2. The fourth-order valence-corrected chi connectivity index (χ4v) is 4.96. The van der Waals surface area contributed by atoms with Crippen LogP contribution in [0.4, 0.5) is 0 Å². The number of carbonyl (C=O) groups is 1. The monoisotopic (exact) mass is 375 g/mol. The summed E-state index contributed by atoms with van der Waals surface area (Å²) in [7, 11) is 1.88. The van der Waals surface area contributed by atoms with Crippen LogP contribution in [0.1, 0.15) is 36.1 Å². The van der Waals surface area contributed by atoms with Crippen LogP contribution in [0.3, 0.4) is 0 Å². The molecule has 2 aliphatic rings. The molecule has 1 aromatic carbocycles. The van der Waals surface area contributed by atoms with Gasteiger partial charge in [-0.15, -0.1) is 0 Å². The predicted molar refractivity (Wildman–Crippen MR) is 107 cm³/mol. The number of rotatable bonds is 3. The number of carbonyl (C=O) groups excluding carboxylic acids is 1. The Kier molecular flexibility index (Phi) is 4.11. The molecule has 0 saturated carbocycles. The van der Waals surface area contributed by atoms with E-state index in [9.17, 15) is 4.79 Å². The minimum Gasteiger partial charge on any atom is -0.472 e. The van der Waals surface area contributed by atoms with Crippen molar-refractivity contribution in [1.82, 2.24) is 14.7 Å². The number of aryl methyl sites for hydroxylation is 2. The smallest absolute Gasteiger partial charge is 0.228 e.